The fraction of sp³-hybridized carbons (Fsp3) is 0.167. The largest absolute Gasteiger partial charge is 0.417 e. The molecule has 0 spiro atoms. The number of hydrogen-bond donors (Lipinski definition) is 1. The van der Waals surface area contributed by atoms with Crippen LogP contribution < -0.4 is 0 Å². The number of hydrogen-bond acceptors (Lipinski definition) is 1. The van der Waals surface area contributed by atoms with E-state index in [0.717, 1.165) is 12.3 Å². The summed E-state index contributed by atoms with van der Waals surface area (Å²) in [5.74, 6) is 0. The Morgan fingerprint density at radius 2 is 2.00 bits per heavy atom. The lowest BCUT2D eigenvalue weighted by Gasteiger charge is -2.05. The molecule has 0 fully saturated rings. The molecule has 1 rings (SSSR count). The van der Waals surface area contributed by atoms with Gasteiger partial charge in [0.2, 0.25) is 0 Å². The van der Waals surface area contributed by atoms with Crippen molar-refractivity contribution in [3.63, 3.8) is 0 Å². The molecular formula is C6H3F3INS. The van der Waals surface area contributed by atoms with Crippen LogP contribution in [-0.4, -0.2) is 4.98 Å². The van der Waals surface area contributed by atoms with E-state index >= 15 is 0 Å². The molecule has 12 heavy (non-hydrogen) atoms. The predicted molar refractivity (Wildman–Crippen MR) is 49.3 cm³/mol. The zero-order valence-electron chi connectivity index (χ0n) is 5.57. The lowest BCUT2D eigenvalue weighted by molar-refractivity contribution is -0.137. The number of H-pyrrole nitrogens is 1. The SMILES string of the molecule is FC(F)(F)c1c[nH]c(=S)c(I)c1. The van der Waals surface area contributed by atoms with Crippen LogP contribution in [-0.2, 0) is 6.18 Å². The average molecular weight is 305 g/mol. The van der Waals surface area contributed by atoms with E-state index in [9.17, 15) is 13.2 Å². The lowest BCUT2D eigenvalue weighted by atomic mass is 10.3. The van der Waals surface area contributed by atoms with Crippen LogP contribution in [0, 0.1) is 8.21 Å². The molecular weight excluding hydrogens is 302 g/mol. The van der Waals surface area contributed by atoms with Crippen molar-refractivity contribution >= 4 is 34.8 Å². The van der Waals surface area contributed by atoms with Crippen molar-refractivity contribution in [2.24, 2.45) is 0 Å². The normalized spacial score (nSPS) is 11.7. The smallest absolute Gasteiger partial charge is 0.351 e. The van der Waals surface area contributed by atoms with Crippen molar-refractivity contribution < 1.29 is 13.2 Å². The van der Waals surface area contributed by atoms with Gasteiger partial charge in [0, 0.05) is 9.77 Å². The minimum Gasteiger partial charge on any atom is -0.351 e. The Labute approximate surface area is 85.1 Å². The van der Waals surface area contributed by atoms with Crippen LogP contribution in [0.15, 0.2) is 12.3 Å². The average Bonchev–Trinajstić information content (AvgIpc) is 1.92. The first kappa shape index (κ1) is 9.97. The second-order valence-electron chi connectivity index (χ2n) is 2.06. The van der Waals surface area contributed by atoms with Gasteiger partial charge in [0.25, 0.3) is 0 Å². The highest BCUT2D eigenvalue weighted by Gasteiger charge is 2.30. The third-order valence-electron chi connectivity index (χ3n) is 1.19. The number of alkyl halides is 3. The maximum atomic E-state index is 12.0. The molecule has 1 nitrogen and oxygen atoms in total. The number of pyridine rings is 1. The fourth-order valence-electron chi connectivity index (χ4n) is 0.620. The summed E-state index contributed by atoms with van der Waals surface area (Å²) in [5, 5.41) is 0. The van der Waals surface area contributed by atoms with Crippen LogP contribution in [0.4, 0.5) is 13.2 Å². The van der Waals surface area contributed by atoms with Crippen molar-refractivity contribution in [3.8, 4) is 0 Å². The Kier molecular flexibility index (Phi) is 2.77. The van der Waals surface area contributed by atoms with Crippen molar-refractivity contribution in [2.45, 2.75) is 6.18 Å². The van der Waals surface area contributed by atoms with Crippen LogP contribution in [0.5, 0.6) is 0 Å². The topological polar surface area (TPSA) is 15.8 Å². The monoisotopic (exact) mass is 305 g/mol. The van der Waals surface area contributed by atoms with Gasteiger partial charge in [-0.25, -0.2) is 0 Å². The minimum absolute atomic E-state index is 0.323. The van der Waals surface area contributed by atoms with Gasteiger partial charge in [0.15, 0.2) is 0 Å². The van der Waals surface area contributed by atoms with Crippen molar-refractivity contribution in [3.05, 3.63) is 26.0 Å². The summed E-state index contributed by atoms with van der Waals surface area (Å²) in [6.45, 7) is 0. The molecule has 0 aliphatic carbocycles. The molecule has 1 aromatic heterocycles. The van der Waals surface area contributed by atoms with E-state index in [1.165, 1.54) is 0 Å². The molecule has 0 aromatic carbocycles. The molecule has 0 bridgehead atoms. The van der Waals surface area contributed by atoms with E-state index in [2.05, 4.69) is 4.98 Å². The first-order valence-corrected chi connectivity index (χ1v) is 4.35. The maximum absolute atomic E-state index is 12.0. The Morgan fingerprint density at radius 1 is 1.42 bits per heavy atom. The van der Waals surface area contributed by atoms with E-state index in [-0.39, 0.29) is 0 Å². The molecule has 0 unspecified atom stereocenters. The molecule has 0 saturated heterocycles. The van der Waals surface area contributed by atoms with Crippen LogP contribution in [0.25, 0.3) is 0 Å². The van der Waals surface area contributed by atoms with E-state index in [1.807, 2.05) is 0 Å². The molecule has 6 heteroatoms. The van der Waals surface area contributed by atoms with Crippen LogP contribution in [0.1, 0.15) is 5.56 Å². The highest BCUT2D eigenvalue weighted by Crippen LogP contribution is 2.29. The number of rotatable bonds is 0. The number of halogens is 4. The first-order valence-electron chi connectivity index (χ1n) is 2.86. The predicted octanol–water partition coefficient (Wildman–Crippen LogP) is 3.37. The number of aromatic nitrogens is 1. The summed E-state index contributed by atoms with van der Waals surface area (Å²) < 4.78 is 36.8. The Hall–Kier alpha value is -0.110. The summed E-state index contributed by atoms with van der Waals surface area (Å²) in [5.41, 5.74) is -0.708. The third-order valence-corrected chi connectivity index (χ3v) is 2.74. The maximum Gasteiger partial charge on any atom is 0.417 e. The van der Waals surface area contributed by atoms with Crippen LogP contribution in [0.2, 0.25) is 0 Å². The van der Waals surface area contributed by atoms with Gasteiger partial charge in [-0.05, 0) is 28.7 Å². The van der Waals surface area contributed by atoms with Crippen molar-refractivity contribution in [1.82, 2.24) is 4.98 Å². The fourth-order valence-corrected chi connectivity index (χ4v) is 1.23. The Morgan fingerprint density at radius 3 is 2.42 bits per heavy atom. The molecule has 0 amide bonds. The molecule has 1 aromatic rings. The number of aromatic amines is 1. The van der Waals surface area contributed by atoms with E-state index in [4.69, 9.17) is 12.2 Å². The second-order valence-corrected chi connectivity index (χ2v) is 3.63. The van der Waals surface area contributed by atoms with Crippen molar-refractivity contribution in [1.29, 1.82) is 0 Å². The highest BCUT2D eigenvalue weighted by atomic mass is 127. The quantitative estimate of drug-likeness (QED) is 0.574. The molecule has 0 saturated carbocycles. The summed E-state index contributed by atoms with van der Waals surface area (Å²) in [6, 6.07) is 1.01. The summed E-state index contributed by atoms with van der Waals surface area (Å²) in [7, 11) is 0. The van der Waals surface area contributed by atoms with Crippen molar-refractivity contribution in [2.75, 3.05) is 0 Å². The van der Waals surface area contributed by atoms with Crippen LogP contribution >= 0.6 is 34.8 Å². The Balaban J connectivity index is 3.23. The molecule has 66 valence electrons. The minimum atomic E-state index is -4.31. The molecule has 0 aliphatic rings. The zero-order valence-corrected chi connectivity index (χ0v) is 8.55. The van der Waals surface area contributed by atoms with Gasteiger partial charge in [0.05, 0.1) is 5.56 Å². The van der Waals surface area contributed by atoms with Gasteiger partial charge in [0.1, 0.15) is 4.64 Å². The van der Waals surface area contributed by atoms with Gasteiger partial charge in [-0.15, -0.1) is 0 Å². The van der Waals surface area contributed by atoms with E-state index in [0.29, 0.717) is 8.21 Å². The van der Waals surface area contributed by atoms with Crippen LogP contribution in [0.3, 0.4) is 0 Å². The van der Waals surface area contributed by atoms with Gasteiger partial charge in [-0.1, -0.05) is 12.2 Å². The second kappa shape index (κ2) is 3.33. The third kappa shape index (κ3) is 2.19. The lowest BCUT2D eigenvalue weighted by Crippen LogP contribution is -2.05. The van der Waals surface area contributed by atoms with Gasteiger partial charge < -0.3 is 4.98 Å². The summed E-state index contributed by atoms with van der Waals surface area (Å²) in [6.07, 6.45) is -3.44. The molecule has 1 N–H and O–H groups in total. The van der Waals surface area contributed by atoms with Gasteiger partial charge in [-0.3, -0.25) is 0 Å². The first-order chi connectivity index (χ1) is 5.41. The standard InChI is InChI=1S/C6H3F3INS/c7-6(8,9)3-1-4(10)5(12)11-2-3/h1-2H,(H,11,12). The zero-order chi connectivity index (χ0) is 9.35. The molecule has 1 heterocycles. The summed E-state index contributed by atoms with van der Waals surface area (Å²) in [4.78, 5) is 2.36. The molecule has 0 aliphatic heterocycles. The number of nitrogens with one attached hydrogen (secondary N) is 1. The highest BCUT2D eigenvalue weighted by molar-refractivity contribution is 14.1. The van der Waals surface area contributed by atoms with Gasteiger partial charge in [-0.2, -0.15) is 13.2 Å². The summed E-state index contributed by atoms with van der Waals surface area (Å²) >= 11 is 6.46. The Bertz CT molecular complexity index is 343. The van der Waals surface area contributed by atoms with Gasteiger partial charge >= 0.3 is 6.18 Å². The van der Waals surface area contributed by atoms with E-state index < -0.39 is 11.7 Å². The molecule has 0 atom stereocenters. The molecule has 0 radical (unpaired) electrons. The van der Waals surface area contributed by atoms with E-state index in [1.54, 1.807) is 22.6 Å².